The summed E-state index contributed by atoms with van der Waals surface area (Å²) in [7, 11) is 0. The lowest BCUT2D eigenvalue weighted by Gasteiger charge is -2.23. The number of piperidine rings is 1. The molecule has 1 aliphatic rings. The number of rotatable bonds is 4. The van der Waals surface area contributed by atoms with Gasteiger partial charge in [0.1, 0.15) is 5.75 Å². The van der Waals surface area contributed by atoms with Gasteiger partial charge in [-0.25, -0.2) is 0 Å². The van der Waals surface area contributed by atoms with Crippen LogP contribution in [0, 0.1) is 0 Å². The molecular formula is C13H13ClF2N2O3. The molecule has 0 aliphatic carbocycles. The number of halogens is 3. The molecule has 1 unspecified atom stereocenters. The molecular weight excluding hydrogens is 306 g/mol. The number of hydrogen-bond acceptors (Lipinski definition) is 3. The molecule has 2 N–H and O–H groups in total. The van der Waals surface area contributed by atoms with Crippen molar-refractivity contribution in [2.24, 2.45) is 0 Å². The summed E-state index contributed by atoms with van der Waals surface area (Å²) in [6, 6.07) is 3.58. The number of benzene rings is 1. The summed E-state index contributed by atoms with van der Waals surface area (Å²) >= 11 is 5.78. The molecule has 1 fully saturated rings. The van der Waals surface area contributed by atoms with E-state index in [1.54, 1.807) is 0 Å². The number of carbonyl (C=O) groups excluding carboxylic acids is 2. The van der Waals surface area contributed by atoms with Gasteiger partial charge >= 0.3 is 6.61 Å². The summed E-state index contributed by atoms with van der Waals surface area (Å²) in [4.78, 5) is 23.2. The van der Waals surface area contributed by atoms with Crippen molar-refractivity contribution in [2.75, 3.05) is 6.54 Å². The predicted molar refractivity (Wildman–Crippen MR) is 71.6 cm³/mol. The van der Waals surface area contributed by atoms with Crippen LogP contribution >= 0.6 is 11.6 Å². The maximum atomic E-state index is 12.3. The van der Waals surface area contributed by atoms with E-state index >= 15 is 0 Å². The summed E-state index contributed by atoms with van der Waals surface area (Å²) in [5.74, 6) is -0.897. The van der Waals surface area contributed by atoms with Crippen LogP contribution in [0.1, 0.15) is 23.2 Å². The van der Waals surface area contributed by atoms with Crippen molar-refractivity contribution >= 4 is 23.4 Å². The molecule has 1 saturated heterocycles. The van der Waals surface area contributed by atoms with Crippen LogP contribution in [-0.4, -0.2) is 31.0 Å². The van der Waals surface area contributed by atoms with Crippen molar-refractivity contribution in [3.05, 3.63) is 28.8 Å². The second kappa shape index (κ2) is 6.71. The number of amides is 2. The largest absolute Gasteiger partial charge is 0.434 e. The van der Waals surface area contributed by atoms with Gasteiger partial charge in [0, 0.05) is 24.0 Å². The third-order valence-corrected chi connectivity index (χ3v) is 3.24. The quantitative estimate of drug-likeness (QED) is 0.891. The van der Waals surface area contributed by atoms with Gasteiger partial charge in [-0.2, -0.15) is 8.78 Å². The zero-order chi connectivity index (χ0) is 15.4. The van der Waals surface area contributed by atoms with Gasteiger partial charge in [0.05, 0.1) is 5.56 Å². The molecule has 0 saturated carbocycles. The van der Waals surface area contributed by atoms with Crippen LogP contribution in [-0.2, 0) is 4.79 Å². The molecule has 1 aromatic carbocycles. The van der Waals surface area contributed by atoms with Crippen LogP contribution in [0.2, 0.25) is 5.02 Å². The van der Waals surface area contributed by atoms with Crippen LogP contribution in [0.4, 0.5) is 8.78 Å². The Morgan fingerprint density at radius 3 is 2.86 bits per heavy atom. The fourth-order valence-corrected chi connectivity index (χ4v) is 2.17. The van der Waals surface area contributed by atoms with Crippen LogP contribution < -0.4 is 15.4 Å². The normalized spacial score (nSPS) is 18.3. The molecule has 2 amide bonds. The van der Waals surface area contributed by atoms with Crippen LogP contribution in [0.25, 0.3) is 0 Å². The van der Waals surface area contributed by atoms with Crippen molar-refractivity contribution in [3.63, 3.8) is 0 Å². The molecule has 1 heterocycles. The average Bonchev–Trinajstić information content (AvgIpc) is 2.43. The van der Waals surface area contributed by atoms with Gasteiger partial charge in [0.2, 0.25) is 5.91 Å². The SMILES string of the molecule is O=C1CCC(NC(=O)c2cc(Cl)ccc2OC(F)F)CN1. The van der Waals surface area contributed by atoms with Gasteiger partial charge in [0.15, 0.2) is 0 Å². The van der Waals surface area contributed by atoms with Gasteiger partial charge in [-0.05, 0) is 24.6 Å². The topological polar surface area (TPSA) is 67.4 Å². The van der Waals surface area contributed by atoms with Crippen molar-refractivity contribution in [1.82, 2.24) is 10.6 Å². The second-order valence-electron chi connectivity index (χ2n) is 4.53. The summed E-state index contributed by atoms with van der Waals surface area (Å²) in [5, 5.41) is 5.51. The third-order valence-electron chi connectivity index (χ3n) is 3.00. The fraction of sp³-hybridized carbons (Fsp3) is 0.385. The highest BCUT2D eigenvalue weighted by molar-refractivity contribution is 6.31. The molecule has 8 heteroatoms. The first kappa shape index (κ1) is 15.5. The second-order valence-corrected chi connectivity index (χ2v) is 4.97. The summed E-state index contributed by atoms with van der Waals surface area (Å²) in [5.41, 5.74) is -0.0697. The molecule has 0 spiro atoms. The van der Waals surface area contributed by atoms with Crippen LogP contribution in [0.5, 0.6) is 5.75 Å². The Balaban J connectivity index is 2.10. The molecule has 5 nitrogen and oxygen atoms in total. The summed E-state index contributed by atoms with van der Waals surface area (Å²) in [6.45, 7) is -2.73. The zero-order valence-corrected chi connectivity index (χ0v) is 11.6. The van der Waals surface area contributed by atoms with Crippen LogP contribution in [0.3, 0.4) is 0 Å². The summed E-state index contributed by atoms with van der Waals surface area (Å²) in [6.07, 6.45) is 0.796. The molecule has 114 valence electrons. The maximum Gasteiger partial charge on any atom is 0.387 e. The van der Waals surface area contributed by atoms with E-state index in [0.29, 0.717) is 19.4 Å². The number of alkyl halides is 2. The Morgan fingerprint density at radius 2 is 2.24 bits per heavy atom. The Bertz CT molecular complexity index is 544. The Hall–Kier alpha value is -1.89. The summed E-state index contributed by atoms with van der Waals surface area (Å²) < 4.78 is 29.0. The minimum atomic E-state index is -3.04. The standard InChI is InChI=1S/C13H13ClF2N2O3/c14-7-1-3-10(21-13(15)16)9(5-7)12(20)18-8-2-4-11(19)17-6-8/h1,3,5,8,13H,2,4,6H2,(H,17,19)(H,18,20). The number of carbonyl (C=O) groups is 2. The molecule has 2 rings (SSSR count). The highest BCUT2D eigenvalue weighted by Crippen LogP contribution is 2.24. The van der Waals surface area contributed by atoms with Crippen molar-refractivity contribution in [3.8, 4) is 5.75 Å². The average molecular weight is 319 g/mol. The fourth-order valence-electron chi connectivity index (χ4n) is 2.00. The molecule has 0 bridgehead atoms. The Kier molecular flexibility index (Phi) is 4.95. The highest BCUT2D eigenvalue weighted by Gasteiger charge is 2.22. The van der Waals surface area contributed by atoms with E-state index in [0.717, 1.165) is 0 Å². The van der Waals surface area contributed by atoms with Crippen molar-refractivity contribution in [1.29, 1.82) is 0 Å². The first-order valence-electron chi connectivity index (χ1n) is 6.27. The number of nitrogens with one attached hydrogen (secondary N) is 2. The van der Waals surface area contributed by atoms with Crippen molar-refractivity contribution in [2.45, 2.75) is 25.5 Å². The van der Waals surface area contributed by atoms with E-state index in [4.69, 9.17) is 11.6 Å². The van der Waals surface area contributed by atoms with E-state index in [1.165, 1.54) is 18.2 Å². The van der Waals surface area contributed by atoms with E-state index in [2.05, 4.69) is 15.4 Å². The van der Waals surface area contributed by atoms with E-state index in [1.807, 2.05) is 0 Å². The van der Waals surface area contributed by atoms with E-state index in [-0.39, 0.29) is 28.3 Å². The highest BCUT2D eigenvalue weighted by atomic mass is 35.5. The minimum Gasteiger partial charge on any atom is -0.434 e. The smallest absolute Gasteiger partial charge is 0.387 e. The van der Waals surface area contributed by atoms with Crippen LogP contribution in [0.15, 0.2) is 18.2 Å². The predicted octanol–water partition coefficient (Wildman–Crippen LogP) is 1.95. The number of hydrogen-bond donors (Lipinski definition) is 2. The maximum absolute atomic E-state index is 12.3. The minimum absolute atomic E-state index is 0.0697. The number of ether oxygens (including phenoxy) is 1. The molecule has 21 heavy (non-hydrogen) atoms. The van der Waals surface area contributed by atoms with Gasteiger partial charge < -0.3 is 15.4 Å². The van der Waals surface area contributed by atoms with E-state index < -0.39 is 12.5 Å². The molecule has 1 aromatic rings. The molecule has 1 aliphatic heterocycles. The third kappa shape index (κ3) is 4.29. The molecule has 0 aromatic heterocycles. The first-order valence-corrected chi connectivity index (χ1v) is 6.65. The van der Waals surface area contributed by atoms with Gasteiger partial charge in [-0.1, -0.05) is 11.6 Å². The van der Waals surface area contributed by atoms with Gasteiger partial charge in [0.25, 0.3) is 5.91 Å². The zero-order valence-electron chi connectivity index (χ0n) is 10.9. The Labute approximate surface area is 124 Å². The Morgan fingerprint density at radius 1 is 1.48 bits per heavy atom. The molecule has 1 atom stereocenters. The monoisotopic (exact) mass is 318 g/mol. The molecule has 0 radical (unpaired) electrons. The van der Waals surface area contributed by atoms with Crippen molar-refractivity contribution < 1.29 is 23.1 Å². The van der Waals surface area contributed by atoms with Gasteiger partial charge in [-0.3, -0.25) is 9.59 Å². The van der Waals surface area contributed by atoms with Gasteiger partial charge in [-0.15, -0.1) is 0 Å². The lowest BCUT2D eigenvalue weighted by Crippen LogP contribution is -2.47. The lowest BCUT2D eigenvalue weighted by atomic mass is 10.1. The lowest BCUT2D eigenvalue weighted by molar-refractivity contribution is -0.122. The van der Waals surface area contributed by atoms with E-state index in [9.17, 15) is 18.4 Å². The first-order chi connectivity index (χ1) is 9.95.